The Labute approximate surface area is 82.1 Å². The zero-order valence-electron chi connectivity index (χ0n) is 7.47. The first-order chi connectivity index (χ1) is 6.51. The van der Waals surface area contributed by atoms with Crippen LogP contribution in [0.5, 0.6) is 0 Å². The number of aromatic nitrogens is 1. The molecule has 0 bridgehead atoms. The second-order valence-corrected chi connectivity index (χ2v) is 4.30. The van der Waals surface area contributed by atoms with Crippen molar-refractivity contribution < 1.29 is 12.6 Å². The average molecular weight is 212 g/mol. The van der Waals surface area contributed by atoms with Crippen LogP contribution in [0.4, 0.5) is 0 Å². The lowest BCUT2D eigenvalue weighted by molar-refractivity contribution is 0.311. The zero-order chi connectivity index (χ0) is 10.6. The molecule has 0 unspecified atom stereocenters. The number of rotatable bonds is 3. The first-order valence-electron chi connectivity index (χ1n) is 3.70. The molecule has 0 fully saturated rings. The van der Waals surface area contributed by atoms with Gasteiger partial charge in [0.1, 0.15) is 6.07 Å². The molecule has 0 saturated heterocycles. The molecule has 14 heavy (non-hydrogen) atoms. The largest absolute Gasteiger partial charge is 0.265 e. The predicted molar refractivity (Wildman–Crippen MR) is 48.6 cm³/mol. The van der Waals surface area contributed by atoms with Crippen molar-refractivity contribution in [1.82, 2.24) is 4.98 Å². The van der Waals surface area contributed by atoms with Crippen molar-refractivity contribution >= 4 is 10.1 Å². The number of hydrogen-bond acceptors (Lipinski definition) is 5. The minimum Gasteiger partial charge on any atom is -0.265 e. The van der Waals surface area contributed by atoms with Crippen LogP contribution >= 0.6 is 0 Å². The van der Waals surface area contributed by atoms with Gasteiger partial charge in [0, 0.05) is 12.4 Å². The number of nitrogens with zero attached hydrogens (tertiary/aromatic N) is 2. The third-order valence-electron chi connectivity index (χ3n) is 1.36. The summed E-state index contributed by atoms with van der Waals surface area (Å²) < 4.78 is 25.8. The molecule has 0 aliphatic heterocycles. The topological polar surface area (TPSA) is 80.1 Å². The highest BCUT2D eigenvalue weighted by molar-refractivity contribution is 7.85. The smallest absolute Gasteiger partial charge is 0.264 e. The van der Waals surface area contributed by atoms with Gasteiger partial charge >= 0.3 is 0 Å². The van der Waals surface area contributed by atoms with E-state index in [4.69, 9.17) is 5.26 Å². The lowest BCUT2D eigenvalue weighted by atomic mass is 10.2. The summed E-state index contributed by atoms with van der Waals surface area (Å²) >= 11 is 0. The fourth-order valence-corrected chi connectivity index (χ4v) is 1.15. The molecule has 0 aliphatic rings. The van der Waals surface area contributed by atoms with Crippen molar-refractivity contribution in [2.45, 2.75) is 6.61 Å². The summed E-state index contributed by atoms with van der Waals surface area (Å²) in [4.78, 5) is 3.76. The third kappa shape index (κ3) is 3.51. The van der Waals surface area contributed by atoms with E-state index >= 15 is 0 Å². The van der Waals surface area contributed by atoms with Gasteiger partial charge in [-0.2, -0.15) is 13.7 Å². The number of pyridine rings is 1. The highest BCUT2D eigenvalue weighted by Crippen LogP contribution is 2.04. The van der Waals surface area contributed by atoms with Crippen LogP contribution in [0.3, 0.4) is 0 Å². The lowest BCUT2D eigenvalue weighted by Gasteiger charge is -2.00. The first kappa shape index (κ1) is 10.6. The molecule has 6 heteroatoms. The number of nitriles is 1. The lowest BCUT2D eigenvalue weighted by Crippen LogP contribution is -2.03. The van der Waals surface area contributed by atoms with Gasteiger partial charge in [0.15, 0.2) is 0 Å². The van der Waals surface area contributed by atoms with Crippen LogP contribution in [0.15, 0.2) is 18.5 Å². The number of hydrogen-bond donors (Lipinski definition) is 0. The van der Waals surface area contributed by atoms with Crippen LogP contribution in [0.2, 0.25) is 0 Å². The highest BCUT2D eigenvalue weighted by atomic mass is 32.2. The molecule has 0 N–H and O–H groups in total. The summed E-state index contributed by atoms with van der Waals surface area (Å²) in [6.07, 6.45) is 3.81. The molecule has 0 amide bonds. The molecule has 0 atom stereocenters. The molecule has 0 spiro atoms. The van der Waals surface area contributed by atoms with E-state index in [1.54, 1.807) is 0 Å². The van der Waals surface area contributed by atoms with Gasteiger partial charge in [-0.15, -0.1) is 0 Å². The van der Waals surface area contributed by atoms with E-state index in [9.17, 15) is 8.42 Å². The Balaban J connectivity index is 2.74. The van der Waals surface area contributed by atoms with E-state index in [0.29, 0.717) is 11.1 Å². The standard InChI is InChI=1S/C8H8N2O3S/c1-14(11,12)13-6-8-2-7(3-9)4-10-5-8/h2,4-5H,6H2,1H3. The van der Waals surface area contributed by atoms with Gasteiger partial charge in [-0.3, -0.25) is 9.17 Å². The molecule has 1 aromatic heterocycles. The molecule has 5 nitrogen and oxygen atoms in total. The fraction of sp³-hybridized carbons (Fsp3) is 0.250. The van der Waals surface area contributed by atoms with Crippen molar-refractivity contribution in [2.24, 2.45) is 0 Å². The Bertz CT molecular complexity index is 462. The summed E-state index contributed by atoms with van der Waals surface area (Å²) in [6.45, 7) is -0.0959. The molecular formula is C8H8N2O3S. The molecule has 1 aromatic rings. The highest BCUT2D eigenvalue weighted by Gasteiger charge is 2.03. The van der Waals surface area contributed by atoms with Crippen molar-refractivity contribution in [3.63, 3.8) is 0 Å². The maximum absolute atomic E-state index is 10.7. The Morgan fingerprint density at radius 3 is 2.86 bits per heavy atom. The Morgan fingerprint density at radius 2 is 2.29 bits per heavy atom. The van der Waals surface area contributed by atoms with Gasteiger partial charge in [-0.05, 0) is 11.6 Å². The monoisotopic (exact) mass is 212 g/mol. The second kappa shape index (κ2) is 4.17. The van der Waals surface area contributed by atoms with Crippen molar-refractivity contribution in [3.8, 4) is 6.07 Å². The van der Waals surface area contributed by atoms with Crippen LogP contribution < -0.4 is 0 Å². The Morgan fingerprint density at radius 1 is 1.57 bits per heavy atom. The van der Waals surface area contributed by atoms with Crippen LogP contribution in [0, 0.1) is 11.3 Å². The maximum atomic E-state index is 10.7. The van der Waals surface area contributed by atoms with Gasteiger partial charge in [-0.25, -0.2) is 0 Å². The summed E-state index contributed by atoms with van der Waals surface area (Å²) in [5, 5.41) is 8.54. The normalized spacial score (nSPS) is 10.9. The quantitative estimate of drug-likeness (QED) is 0.679. The van der Waals surface area contributed by atoms with Gasteiger partial charge in [0.05, 0.1) is 18.4 Å². The summed E-state index contributed by atoms with van der Waals surface area (Å²) in [5.41, 5.74) is 0.925. The minimum atomic E-state index is -3.45. The molecule has 0 aliphatic carbocycles. The minimum absolute atomic E-state index is 0.0959. The van der Waals surface area contributed by atoms with Gasteiger partial charge < -0.3 is 0 Å². The van der Waals surface area contributed by atoms with Crippen molar-refractivity contribution in [3.05, 3.63) is 29.6 Å². The van der Waals surface area contributed by atoms with E-state index in [0.717, 1.165) is 6.26 Å². The molecule has 74 valence electrons. The molecule has 0 radical (unpaired) electrons. The van der Waals surface area contributed by atoms with Crippen LogP contribution in [-0.2, 0) is 20.9 Å². The summed E-state index contributed by atoms with van der Waals surface area (Å²) in [7, 11) is -3.45. The summed E-state index contributed by atoms with van der Waals surface area (Å²) in [5.74, 6) is 0. The maximum Gasteiger partial charge on any atom is 0.264 e. The summed E-state index contributed by atoms with van der Waals surface area (Å²) in [6, 6.07) is 3.42. The van der Waals surface area contributed by atoms with Crippen LogP contribution in [0.25, 0.3) is 0 Å². The predicted octanol–water partition coefficient (Wildman–Crippen LogP) is 0.429. The van der Waals surface area contributed by atoms with Crippen molar-refractivity contribution in [2.75, 3.05) is 6.26 Å². The van der Waals surface area contributed by atoms with E-state index in [1.807, 2.05) is 6.07 Å². The van der Waals surface area contributed by atoms with Gasteiger partial charge in [0.2, 0.25) is 0 Å². The second-order valence-electron chi connectivity index (χ2n) is 2.66. The van der Waals surface area contributed by atoms with E-state index in [-0.39, 0.29) is 6.61 Å². The van der Waals surface area contributed by atoms with Crippen LogP contribution in [0.1, 0.15) is 11.1 Å². The molecule has 1 rings (SSSR count). The van der Waals surface area contributed by atoms with E-state index in [1.165, 1.54) is 18.5 Å². The van der Waals surface area contributed by atoms with Gasteiger partial charge in [0.25, 0.3) is 10.1 Å². The average Bonchev–Trinajstić information content (AvgIpc) is 2.14. The molecule has 1 heterocycles. The Kier molecular flexibility index (Phi) is 3.17. The Hall–Kier alpha value is -1.45. The molecular weight excluding hydrogens is 204 g/mol. The van der Waals surface area contributed by atoms with E-state index < -0.39 is 10.1 Å². The van der Waals surface area contributed by atoms with Gasteiger partial charge in [-0.1, -0.05) is 0 Å². The molecule has 0 saturated carbocycles. The van der Waals surface area contributed by atoms with Crippen molar-refractivity contribution in [1.29, 1.82) is 5.26 Å². The molecule has 0 aromatic carbocycles. The SMILES string of the molecule is CS(=O)(=O)OCc1cncc(C#N)c1. The fourth-order valence-electron chi connectivity index (χ4n) is 0.803. The zero-order valence-corrected chi connectivity index (χ0v) is 8.28. The third-order valence-corrected chi connectivity index (χ3v) is 1.91. The van der Waals surface area contributed by atoms with Crippen LogP contribution in [-0.4, -0.2) is 19.7 Å². The van der Waals surface area contributed by atoms with E-state index in [2.05, 4.69) is 9.17 Å². The first-order valence-corrected chi connectivity index (χ1v) is 5.51.